The van der Waals surface area contributed by atoms with E-state index in [1.54, 1.807) is 7.11 Å². The largest absolute Gasteiger partial charge is 0.497 e. The Hall–Kier alpha value is -0.958. The minimum Gasteiger partial charge on any atom is -0.497 e. The van der Waals surface area contributed by atoms with Crippen LogP contribution in [-0.2, 0) is 31.7 Å². The van der Waals surface area contributed by atoms with Gasteiger partial charge >= 0.3 is 0 Å². The molecule has 0 spiro atoms. The summed E-state index contributed by atoms with van der Waals surface area (Å²) in [5, 5.41) is 0. The van der Waals surface area contributed by atoms with Crippen molar-refractivity contribution in [1.29, 1.82) is 0 Å². The standard InChI is InChI=1S/C7H7BrO.3CO.Cr/c1-9-7-4-2-6(8)3-5-7;3*1-2;/h2-5H,1H3;;;;. The summed E-state index contributed by atoms with van der Waals surface area (Å²) < 4.78 is 6.02. The molecule has 0 fully saturated rings. The molecular formula is C10H7BrCrO4. The fourth-order valence-corrected chi connectivity index (χ4v) is 0.835. The summed E-state index contributed by atoms with van der Waals surface area (Å²) in [4.78, 5) is 22.5. The third-order valence-corrected chi connectivity index (χ3v) is 1.58. The Labute approximate surface area is 114 Å². The Balaban J connectivity index is -0.0000000900. The van der Waals surface area contributed by atoms with E-state index >= 15 is 0 Å². The average Bonchev–Trinajstić information content (AvgIpc) is 2.38. The number of rotatable bonds is 1. The Bertz CT molecular complexity index is 226. The van der Waals surface area contributed by atoms with Gasteiger partial charge in [0, 0.05) is 21.8 Å². The maximum absolute atomic E-state index is 7.50. The summed E-state index contributed by atoms with van der Waals surface area (Å²) in [6, 6.07) is 7.70. The molecule has 0 amide bonds. The van der Waals surface area contributed by atoms with E-state index in [9.17, 15) is 0 Å². The molecule has 16 heavy (non-hydrogen) atoms. The van der Waals surface area contributed by atoms with Gasteiger partial charge in [-0.25, -0.2) is 0 Å². The summed E-state index contributed by atoms with van der Waals surface area (Å²) in [6.07, 6.45) is 0. The zero-order chi connectivity index (χ0) is 12.7. The number of ether oxygens (including phenoxy) is 1. The minimum atomic E-state index is 0. The van der Waals surface area contributed by atoms with Crippen LogP contribution in [0.25, 0.3) is 0 Å². The number of benzene rings is 1. The van der Waals surface area contributed by atoms with E-state index < -0.39 is 0 Å². The average molecular weight is 323 g/mol. The first kappa shape index (κ1) is 24.3. The molecule has 0 aromatic heterocycles. The third kappa shape index (κ3) is 15.5. The van der Waals surface area contributed by atoms with E-state index in [1.807, 2.05) is 24.3 Å². The van der Waals surface area contributed by atoms with E-state index in [-0.39, 0.29) is 17.4 Å². The van der Waals surface area contributed by atoms with E-state index in [0.29, 0.717) is 0 Å². The molecule has 0 N–H and O–H groups in total. The molecule has 0 aliphatic carbocycles. The van der Waals surface area contributed by atoms with Crippen LogP contribution in [-0.4, -0.2) is 27.5 Å². The van der Waals surface area contributed by atoms with Gasteiger partial charge in [-0.15, -0.1) is 0 Å². The molecule has 0 unspecified atom stereocenters. The van der Waals surface area contributed by atoms with Crippen LogP contribution in [0, 0.1) is 0 Å². The molecule has 0 heterocycles. The molecule has 0 aliphatic heterocycles. The summed E-state index contributed by atoms with van der Waals surface area (Å²) in [5.74, 6) is 0.887. The second-order valence-electron chi connectivity index (χ2n) is 1.66. The molecule has 1 rings (SSSR count). The molecule has 4 nitrogen and oxygen atoms in total. The molecule has 84 valence electrons. The van der Waals surface area contributed by atoms with Crippen LogP contribution in [0.3, 0.4) is 0 Å². The minimum absolute atomic E-state index is 0. The number of hydrogen-bond donors (Lipinski definition) is 0. The summed E-state index contributed by atoms with van der Waals surface area (Å²) >= 11 is 3.32. The van der Waals surface area contributed by atoms with E-state index in [2.05, 4.69) is 36.3 Å². The van der Waals surface area contributed by atoms with Gasteiger partial charge in [-0.3, -0.25) is 14.4 Å². The van der Waals surface area contributed by atoms with E-state index in [4.69, 9.17) is 19.1 Å². The summed E-state index contributed by atoms with van der Waals surface area (Å²) in [7, 11) is 1.66. The van der Waals surface area contributed by atoms with Crippen molar-refractivity contribution in [1.82, 2.24) is 0 Å². The quantitative estimate of drug-likeness (QED) is 0.781. The van der Waals surface area contributed by atoms with Crippen LogP contribution in [0.15, 0.2) is 28.7 Å². The van der Waals surface area contributed by atoms with Crippen molar-refractivity contribution in [3.8, 4) is 5.75 Å². The molecule has 1 aromatic carbocycles. The molecular weight excluding hydrogens is 316 g/mol. The Morgan fingerprint density at radius 2 is 1.25 bits per heavy atom. The fraction of sp³-hybridized carbons (Fsp3) is 0.100. The van der Waals surface area contributed by atoms with Gasteiger partial charge in [0.1, 0.15) is 5.75 Å². The fourth-order valence-electron chi connectivity index (χ4n) is 0.571. The number of methoxy groups -OCH3 is 1. The zero-order valence-electron chi connectivity index (χ0n) is 8.23. The van der Waals surface area contributed by atoms with E-state index in [0.717, 1.165) is 10.2 Å². The van der Waals surface area contributed by atoms with Crippen molar-refractivity contribution in [3.05, 3.63) is 28.7 Å². The van der Waals surface area contributed by atoms with Crippen molar-refractivity contribution in [3.63, 3.8) is 0 Å². The second-order valence-corrected chi connectivity index (χ2v) is 2.57. The monoisotopic (exact) mass is 322 g/mol. The second kappa shape index (κ2) is 23.7. The van der Waals surface area contributed by atoms with Gasteiger partial charge in [-0.2, -0.15) is 0 Å². The number of hydrogen-bond acceptors (Lipinski definition) is 4. The normalized spacial score (nSPS) is 5.88. The Kier molecular flexibility index (Phi) is 36.0. The van der Waals surface area contributed by atoms with Crippen molar-refractivity contribution < 1.29 is 36.5 Å². The van der Waals surface area contributed by atoms with Gasteiger partial charge in [0.15, 0.2) is 0 Å². The van der Waals surface area contributed by atoms with Crippen LogP contribution >= 0.6 is 15.9 Å². The van der Waals surface area contributed by atoms with Crippen molar-refractivity contribution in [2.45, 2.75) is 0 Å². The molecule has 6 heteroatoms. The van der Waals surface area contributed by atoms with Crippen LogP contribution in [0.2, 0.25) is 0 Å². The predicted octanol–water partition coefficient (Wildman–Crippen LogP) is 1.26. The summed E-state index contributed by atoms with van der Waals surface area (Å²) in [6.45, 7) is 13.5. The van der Waals surface area contributed by atoms with Gasteiger partial charge in [0.25, 0.3) is 20.4 Å². The molecule has 0 aliphatic rings. The van der Waals surface area contributed by atoms with Crippen molar-refractivity contribution in [2.75, 3.05) is 7.11 Å². The van der Waals surface area contributed by atoms with Gasteiger partial charge in [-0.1, -0.05) is 15.9 Å². The zero-order valence-corrected chi connectivity index (χ0v) is 11.1. The first-order valence-electron chi connectivity index (χ1n) is 3.24. The first-order valence-corrected chi connectivity index (χ1v) is 4.03. The van der Waals surface area contributed by atoms with Gasteiger partial charge in [0.05, 0.1) is 7.11 Å². The van der Waals surface area contributed by atoms with E-state index in [1.165, 1.54) is 0 Å². The van der Waals surface area contributed by atoms with Gasteiger partial charge in [-0.05, 0) is 24.3 Å². The molecule has 0 saturated heterocycles. The maximum Gasteiger partial charge on any atom is 0.281 e. The summed E-state index contributed by atoms with van der Waals surface area (Å²) in [5.41, 5.74) is 0. The smallest absolute Gasteiger partial charge is 0.281 e. The van der Waals surface area contributed by atoms with Crippen LogP contribution in [0.1, 0.15) is 0 Å². The van der Waals surface area contributed by atoms with Crippen LogP contribution in [0.5, 0.6) is 5.75 Å². The van der Waals surface area contributed by atoms with Gasteiger partial charge < -0.3 is 4.74 Å². The topological polar surface area (TPSA) is 60.4 Å². The molecule has 0 bridgehead atoms. The van der Waals surface area contributed by atoms with Gasteiger partial charge in [0.2, 0.25) is 0 Å². The third-order valence-electron chi connectivity index (χ3n) is 1.05. The molecule has 0 saturated carbocycles. The number of carbonyl (C=O) groups excluding carboxylic acids is 3. The first-order chi connectivity index (χ1) is 7.33. The molecule has 0 atom stereocenters. The SMILES string of the molecule is COc1ccc(Br)cc1.[C]=O.[C]=O.[C]=O.[Cr]. The predicted molar refractivity (Wildman–Crippen MR) is 57.8 cm³/mol. The number of halogens is 1. The van der Waals surface area contributed by atoms with Crippen molar-refractivity contribution >= 4 is 36.3 Å². The maximum atomic E-state index is 7.50. The Morgan fingerprint density at radius 3 is 1.50 bits per heavy atom. The molecule has 1 aromatic rings. The van der Waals surface area contributed by atoms with Crippen LogP contribution in [0.4, 0.5) is 0 Å². The van der Waals surface area contributed by atoms with Crippen molar-refractivity contribution in [2.24, 2.45) is 0 Å². The molecule has 6 radical (unpaired) electrons. The Morgan fingerprint density at radius 1 is 0.938 bits per heavy atom. The van der Waals surface area contributed by atoms with Crippen LogP contribution < -0.4 is 4.74 Å².